The van der Waals surface area contributed by atoms with E-state index in [0.29, 0.717) is 40.8 Å². The Kier molecular flexibility index (Phi) is 5.45. The maximum absolute atomic E-state index is 15.0. The van der Waals surface area contributed by atoms with Crippen LogP contribution < -0.4 is 11.1 Å². The number of nitriles is 1. The van der Waals surface area contributed by atoms with Gasteiger partial charge in [-0.15, -0.1) is 0 Å². The lowest BCUT2D eigenvalue weighted by Gasteiger charge is -2.47. The highest BCUT2D eigenvalue weighted by atomic mass is 32.2. The van der Waals surface area contributed by atoms with Crippen molar-refractivity contribution >= 4 is 28.5 Å². The van der Waals surface area contributed by atoms with E-state index in [1.54, 1.807) is 6.07 Å². The lowest BCUT2D eigenvalue weighted by atomic mass is 9.72. The van der Waals surface area contributed by atoms with Crippen LogP contribution in [0.3, 0.4) is 0 Å². The summed E-state index contributed by atoms with van der Waals surface area (Å²) < 4.78 is 20.8. The summed E-state index contributed by atoms with van der Waals surface area (Å²) in [5, 5.41) is 12.0. The molecular formula is C21H20FN5O2S. The van der Waals surface area contributed by atoms with Crippen molar-refractivity contribution < 1.29 is 13.9 Å². The monoisotopic (exact) mass is 425 g/mol. The number of fused-ring (bicyclic) bond motifs is 1. The number of nitrogens with zero attached hydrogens (tertiary/aromatic N) is 3. The fourth-order valence-corrected chi connectivity index (χ4v) is 5.15. The fraction of sp³-hybridized carbons (Fsp3) is 0.333. The van der Waals surface area contributed by atoms with E-state index in [-0.39, 0.29) is 17.7 Å². The molecule has 0 radical (unpaired) electrons. The summed E-state index contributed by atoms with van der Waals surface area (Å²) in [6.45, 7) is 2.42. The second kappa shape index (κ2) is 8.05. The van der Waals surface area contributed by atoms with E-state index in [1.807, 2.05) is 13.0 Å². The Labute approximate surface area is 177 Å². The zero-order valence-corrected chi connectivity index (χ0v) is 17.1. The number of hydrogen-bond acceptors (Lipinski definition) is 7. The molecule has 2 aliphatic rings. The Hall–Kier alpha value is -2.96. The number of benzene rings is 1. The van der Waals surface area contributed by atoms with Crippen LogP contribution in [0.1, 0.15) is 35.0 Å². The quantitative estimate of drug-likeness (QED) is 0.781. The molecule has 3 heterocycles. The first-order chi connectivity index (χ1) is 14.4. The molecular weight excluding hydrogens is 405 g/mol. The first kappa shape index (κ1) is 20.3. The average Bonchev–Trinajstić information content (AvgIpc) is 2.75. The Morgan fingerprint density at radius 2 is 2.27 bits per heavy atom. The minimum Gasteiger partial charge on any atom is -0.379 e. The minimum atomic E-state index is -0.829. The van der Waals surface area contributed by atoms with E-state index in [1.165, 1.54) is 42.2 Å². The van der Waals surface area contributed by atoms with Crippen molar-refractivity contribution in [3.8, 4) is 6.07 Å². The van der Waals surface area contributed by atoms with Gasteiger partial charge in [0.15, 0.2) is 5.17 Å². The largest absolute Gasteiger partial charge is 0.379 e. The molecule has 3 N–H and O–H groups in total. The van der Waals surface area contributed by atoms with Crippen molar-refractivity contribution in [3.63, 3.8) is 0 Å². The molecule has 2 aliphatic heterocycles. The van der Waals surface area contributed by atoms with Gasteiger partial charge in [-0.05, 0) is 37.3 Å². The van der Waals surface area contributed by atoms with Gasteiger partial charge >= 0.3 is 0 Å². The summed E-state index contributed by atoms with van der Waals surface area (Å²) in [4.78, 5) is 21.2. The molecule has 4 rings (SSSR count). The number of amidine groups is 1. The Morgan fingerprint density at radius 3 is 3.00 bits per heavy atom. The number of pyridine rings is 1. The summed E-state index contributed by atoms with van der Waals surface area (Å²) >= 11 is 1.45. The van der Waals surface area contributed by atoms with Gasteiger partial charge in [-0.2, -0.15) is 5.26 Å². The van der Waals surface area contributed by atoms with Crippen LogP contribution in [0.2, 0.25) is 0 Å². The van der Waals surface area contributed by atoms with Crippen LogP contribution in [0.4, 0.5) is 10.1 Å². The van der Waals surface area contributed by atoms with Gasteiger partial charge < -0.3 is 15.8 Å². The number of halogens is 1. The summed E-state index contributed by atoms with van der Waals surface area (Å²) in [6, 6.07) is 9.39. The van der Waals surface area contributed by atoms with Crippen molar-refractivity contribution in [1.82, 2.24) is 4.98 Å². The van der Waals surface area contributed by atoms with Crippen LogP contribution in [0.5, 0.6) is 0 Å². The number of rotatable bonds is 3. The third-order valence-corrected chi connectivity index (χ3v) is 6.49. The minimum absolute atomic E-state index is 0.0378. The number of carbonyl (C=O) groups excluding carboxylic acids is 1. The lowest BCUT2D eigenvalue weighted by molar-refractivity contribution is -0.0514. The van der Waals surface area contributed by atoms with E-state index in [2.05, 4.69) is 10.3 Å². The third-order valence-electron chi connectivity index (χ3n) is 5.58. The first-order valence-corrected chi connectivity index (χ1v) is 10.5. The second-order valence-corrected chi connectivity index (χ2v) is 8.35. The molecule has 9 heteroatoms. The second-order valence-electron chi connectivity index (χ2n) is 7.31. The molecule has 1 aromatic heterocycles. The summed E-state index contributed by atoms with van der Waals surface area (Å²) in [6.07, 6.45) is 1.74. The predicted molar refractivity (Wildman–Crippen MR) is 113 cm³/mol. The van der Waals surface area contributed by atoms with Crippen molar-refractivity contribution in [3.05, 3.63) is 59.2 Å². The molecule has 0 saturated carbocycles. The summed E-state index contributed by atoms with van der Waals surface area (Å²) in [5.74, 6) is -0.202. The molecule has 0 bridgehead atoms. The number of ether oxygens (including phenoxy) is 1. The predicted octanol–water partition coefficient (Wildman–Crippen LogP) is 3.03. The lowest BCUT2D eigenvalue weighted by Crippen LogP contribution is -2.50. The molecule has 1 aromatic carbocycles. The van der Waals surface area contributed by atoms with Crippen LogP contribution in [-0.4, -0.2) is 34.5 Å². The zero-order valence-electron chi connectivity index (χ0n) is 16.3. The highest BCUT2D eigenvalue weighted by molar-refractivity contribution is 8.13. The zero-order chi connectivity index (χ0) is 21.3. The van der Waals surface area contributed by atoms with Gasteiger partial charge in [0.1, 0.15) is 17.6 Å². The molecule has 154 valence electrons. The molecule has 2 aromatic rings. The van der Waals surface area contributed by atoms with Gasteiger partial charge in [-0.25, -0.2) is 9.37 Å². The molecule has 1 fully saturated rings. The average molecular weight is 425 g/mol. The maximum atomic E-state index is 15.0. The molecule has 0 spiro atoms. The van der Waals surface area contributed by atoms with E-state index in [9.17, 15) is 4.79 Å². The maximum Gasteiger partial charge on any atom is 0.274 e. The fourth-order valence-electron chi connectivity index (χ4n) is 4.03. The van der Waals surface area contributed by atoms with E-state index < -0.39 is 17.3 Å². The normalized spacial score (nSPS) is 25.6. The topological polar surface area (TPSA) is 113 Å². The molecule has 0 aliphatic carbocycles. The highest BCUT2D eigenvalue weighted by Crippen LogP contribution is 2.48. The highest BCUT2D eigenvalue weighted by Gasteiger charge is 2.49. The number of nitrogens with one attached hydrogen (secondary N) is 1. The molecule has 7 nitrogen and oxygen atoms in total. The van der Waals surface area contributed by atoms with Gasteiger partial charge in [-0.1, -0.05) is 11.8 Å². The number of carbonyl (C=O) groups is 1. The SMILES string of the molecule is C[C@H]1OCCC2(c3cc(NC(=O)c4ccc(C#N)cn4)ccc3F)N=C(N)SCC12. The Morgan fingerprint density at radius 1 is 1.43 bits per heavy atom. The van der Waals surface area contributed by atoms with Gasteiger partial charge in [0.2, 0.25) is 0 Å². The van der Waals surface area contributed by atoms with E-state index in [4.69, 9.17) is 20.7 Å². The number of amides is 1. The van der Waals surface area contributed by atoms with E-state index in [0.717, 1.165) is 0 Å². The van der Waals surface area contributed by atoms with Crippen molar-refractivity contribution in [2.24, 2.45) is 16.6 Å². The van der Waals surface area contributed by atoms with Crippen molar-refractivity contribution in [1.29, 1.82) is 5.26 Å². The number of aromatic nitrogens is 1. The van der Waals surface area contributed by atoms with Crippen LogP contribution in [0, 0.1) is 23.1 Å². The number of hydrogen-bond donors (Lipinski definition) is 2. The number of anilines is 1. The summed E-state index contributed by atoms with van der Waals surface area (Å²) in [5.41, 5.74) is 6.55. The molecule has 2 unspecified atom stereocenters. The Balaban J connectivity index is 1.68. The number of aliphatic imine (C=N–C) groups is 1. The smallest absolute Gasteiger partial charge is 0.274 e. The van der Waals surface area contributed by atoms with Crippen LogP contribution in [0.15, 0.2) is 41.5 Å². The molecule has 30 heavy (non-hydrogen) atoms. The van der Waals surface area contributed by atoms with Crippen LogP contribution in [-0.2, 0) is 10.3 Å². The van der Waals surface area contributed by atoms with Crippen LogP contribution >= 0.6 is 11.8 Å². The van der Waals surface area contributed by atoms with E-state index >= 15 is 4.39 Å². The molecule has 1 amide bonds. The van der Waals surface area contributed by atoms with Crippen LogP contribution in [0.25, 0.3) is 0 Å². The van der Waals surface area contributed by atoms with Gasteiger partial charge in [-0.3, -0.25) is 9.79 Å². The number of nitrogens with two attached hydrogens (primary N) is 1. The Bertz CT molecular complexity index is 1050. The molecule has 3 atom stereocenters. The number of thioether (sulfide) groups is 1. The molecule has 1 saturated heterocycles. The first-order valence-electron chi connectivity index (χ1n) is 9.50. The summed E-state index contributed by atoms with van der Waals surface area (Å²) in [7, 11) is 0. The standard InChI is InChI=1S/C21H20FN5O2S/c1-12-16-11-30-20(24)27-21(16,6-7-29-12)15-8-14(3-4-17(15)22)26-19(28)18-5-2-13(9-23)10-25-18/h2-5,8,10,12,16H,6-7,11H2,1H3,(H2,24,27)(H,26,28)/t12-,16?,21?/m1/s1. The van der Waals surface area contributed by atoms with Crippen molar-refractivity contribution in [2.75, 3.05) is 17.7 Å². The van der Waals surface area contributed by atoms with Gasteiger partial charge in [0, 0.05) is 42.1 Å². The van der Waals surface area contributed by atoms with Gasteiger partial charge in [0.05, 0.1) is 17.2 Å². The van der Waals surface area contributed by atoms with Crippen molar-refractivity contribution in [2.45, 2.75) is 25.0 Å². The van der Waals surface area contributed by atoms with Gasteiger partial charge in [0.25, 0.3) is 5.91 Å². The third kappa shape index (κ3) is 3.64.